The number of allylic oxidation sites excluding steroid dienone is 2. The van der Waals surface area contributed by atoms with Gasteiger partial charge in [-0.15, -0.1) is 0 Å². The van der Waals surface area contributed by atoms with Crippen molar-refractivity contribution >= 4 is 28.4 Å². The first-order chi connectivity index (χ1) is 15.3. The summed E-state index contributed by atoms with van der Waals surface area (Å²) in [6, 6.07) is 13.3. The van der Waals surface area contributed by atoms with Crippen LogP contribution >= 0.6 is 0 Å². The number of rotatable bonds is 3. The van der Waals surface area contributed by atoms with Crippen LogP contribution in [-0.2, 0) is 9.53 Å². The number of anilines is 1. The van der Waals surface area contributed by atoms with Crippen molar-refractivity contribution in [3.8, 4) is 5.75 Å². The highest BCUT2D eigenvalue weighted by atomic mass is 16.5. The topological polar surface area (TPSA) is 77.8 Å². The number of Topliss-reactive ketones (excluding diaryl/α,β-unsaturated/α-hetero) is 1. The number of furan rings is 1. The molecule has 1 unspecified atom stereocenters. The van der Waals surface area contributed by atoms with Crippen molar-refractivity contribution in [1.29, 1.82) is 0 Å². The second-order valence-corrected chi connectivity index (χ2v) is 9.17. The minimum absolute atomic E-state index is 0.121. The quantitative estimate of drug-likeness (QED) is 0.557. The molecule has 3 aromatic rings. The molecule has 0 saturated heterocycles. The van der Waals surface area contributed by atoms with Gasteiger partial charge in [-0.2, -0.15) is 0 Å². The third-order valence-electron chi connectivity index (χ3n) is 6.36. The zero-order valence-corrected chi connectivity index (χ0v) is 18.6. The molecule has 0 fully saturated rings. The van der Waals surface area contributed by atoms with E-state index in [1.54, 1.807) is 13.2 Å². The molecule has 1 aliphatic carbocycles. The molecule has 2 aromatic carbocycles. The molecule has 0 amide bonds. The summed E-state index contributed by atoms with van der Waals surface area (Å²) in [5, 5.41) is 4.30. The van der Waals surface area contributed by atoms with E-state index in [1.165, 1.54) is 7.11 Å². The molecule has 0 spiro atoms. The fraction of sp³-hybridized carbons (Fsp3) is 0.308. The van der Waals surface area contributed by atoms with Gasteiger partial charge in [0.15, 0.2) is 5.78 Å². The highest BCUT2D eigenvalue weighted by molar-refractivity contribution is 6.05. The van der Waals surface area contributed by atoms with Crippen molar-refractivity contribution in [3.05, 3.63) is 70.6 Å². The number of ketones is 1. The van der Waals surface area contributed by atoms with Gasteiger partial charge in [-0.25, -0.2) is 4.79 Å². The Labute approximate surface area is 186 Å². The van der Waals surface area contributed by atoms with E-state index in [2.05, 4.69) is 19.2 Å². The first-order valence-corrected chi connectivity index (χ1v) is 10.6. The highest BCUT2D eigenvalue weighted by Gasteiger charge is 2.42. The summed E-state index contributed by atoms with van der Waals surface area (Å²) in [7, 11) is 2.96. The standard InChI is InChI=1S/C26H25NO5/c1-26(2)12-17-24(18(28)13-26)23(14-7-5-6-8-19(14)30-3)22-15-11-21(25(29)31-4)32-20(15)10-9-16(22)27-17/h5-11,23,27H,12-13H2,1-4H3. The normalized spacial score (nSPS) is 19.2. The summed E-state index contributed by atoms with van der Waals surface area (Å²) >= 11 is 0. The van der Waals surface area contributed by atoms with Crippen LogP contribution in [0.3, 0.4) is 0 Å². The van der Waals surface area contributed by atoms with Gasteiger partial charge in [0.2, 0.25) is 5.76 Å². The Kier molecular flexibility index (Phi) is 4.62. The van der Waals surface area contributed by atoms with Crippen LogP contribution in [0.4, 0.5) is 5.69 Å². The fourth-order valence-electron chi connectivity index (χ4n) is 5.06. The lowest BCUT2D eigenvalue weighted by Crippen LogP contribution is -2.34. The average Bonchev–Trinajstić information content (AvgIpc) is 3.20. The zero-order valence-electron chi connectivity index (χ0n) is 18.6. The summed E-state index contributed by atoms with van der Waals surface area (Å²) in [5.41, 5.74) is 4.86. The number of esters is 1. The molecule has 6 heteroatoms. The molecule has 0 bridgehead atoms. The van der Waals surface area contributed by atoms with E-state index in [1.807, 2.05) is 36.4 Å². The van der Waals surface area contributed by atoms with Gasteiger partial charge in [-0.3, -0.25) is 4.79 Å². The second-order valence-electron chi connectivity index (χ2n) is 9.17. The number of para-hydroxylation sites is 1. The number of nitrogens with one attached hydrogen (secondary N) is 1. The van der Waals surface area contributed by atoms with Crippen LogP contribution in [-0.4, -0.2) is 26.0 Å². The van der Waals surface area contributed by atoms with E-state index < -0.39 is 5.97 Å². The van der Waals surface area contributed by atoms with Gasteiger partial charge >= 0.3 is 5.97 Å². The lowest BCUT2D eigenvalue weighted by atomic mass is 9.68. The van der Waals surface area contributed by atoms with E-state index >= 15 is 0 Å². The molecular weight excluding hydrogens is 406 g/mol. The lowest BCUT2D eigenvalue weighted by molar-refractivity contribution is -0.118. The molecule has 1 atom stereocenters. The van der Waals surface area contributed by atoms with Crippen LogP contribution in [0.1, 0.15) is 54.3 Å². The van der Waals surface area contributed by atoms with Crippen LogP contribution in [0.5, 0.6) is 5.75 Å². The van der Waals surface area contributed by atoms with Gasteiger partial charge < -0.3 is 19.2 Å². The smallest absolute Gasteiger partial charge is 0.373 e. The van der Waals surface area contributed by atoms with Gasteiger partial charge in [0.1, 0.15) is 11.3 Å². The predicted octanol–water partition coefficient (Wildman–Crippen LogP) is 5.43. The third kappa shape index (κ3) is 3.09. The van der Waals surface area contributed by atoms with Gasteiger partial charge in [-0.1, -0.05) is 32.0 Å². The molecule has 1 aromatic heterocycles. The zero-order chi connectivity index (χ0) is 22.6. The maximum absolute atomic E-state index is 13.5. The van der Waals surface area contributed by atoms with E-state index in [-0.39, 0.29) is 22.9 Å². The van der Waals surface area contributed by atoms with Crippen LogP contribution in [0.15, 0.2) is 58.2 Å². The largest absolute Gasteiger partial charge is 0.496 e. The predicted molar refractivity (Wildman–Crippen MR) is 121 cm³/mol. The van der Waals surface area contributed by atoms with E-state index in [9.17, 15) is 9.59 Å². The molecule has 5 rings (SSSR count). The molecule has 0 saturated carbocycles. The minimum atomic E-state index is -0.539. The molecule has 2 aliphatic rings. The molecule has 6 nitrogen and oxygen atoms in total. The van der Waals surface area contributed by atoms with Crippen molar-refractivity contribution < 1.29 is 23.5 Å². The summed E-state index contributed by atoms with van der Waals surface area (Å²) in [5.74, 6) is 0.0869. The van der Waals surface area contributed by atoms with Gasteiger partial charge in [0, 0.05) is 40.2 Å². The maximum Gasteiger partial charge on any atom is 0.373 e. The number of methoxy groups -OCH3 is 2. The Bertz CT molecular complexity index is 1300. The van der Waals surface area contributed by atoms with Crippen LogP contribution in [0.25, 0.3) is 11.0 Å². The Morgan fingerprint density at radius 1 is 1.12 bits per heavy atom. The molecule has 164 valence electrons. The first kappa shape index (κ1) is 20.4. The molecule has 1 aliphatic heterocycles. The van der Waals surface area contributed by atoms with E-state index in [4.69, 9.17) is 13.9 Å². The lowest BCUT2D eigenvalue weighted by Gasteiger charge is -2.39. The molecule has 0 radical (unpaired) electrons. The number of hydrogen-bond acceptors (Lipinski definition) is 6. The Hall–Kier alpha value is -3.54. The highest BCUT2D eigenvalue weighted by Crippen LogP contribution is 2.52. The van der Waals surface area contributed by atoms with Crippen molar-refractivity contribution in [1.82, 2.24) is 0 Å². The van der Waals surface area contributed by atoms with Gasteiger partial charge in [-0.05, 0) is 41.7 Å². The number of ether oxygens (including phenoxy) is 2. The number of carbonyl (C=O) groups excluding carboxylic acids is 2. The second kappa shape index (κ2) is 7.26. The van der Waals surface area contributed by atoms with Crippen molar-refractivity contribution in [3.63, 3.8) is 0 Å². The third-order valence-corrected chi connectivity index (χ3v) is 6.36. The number of carbonyl (C=O) groups is 2. The summed E-state index contributed by atoms with van der Waals surface area (Å²) in [6.45, 7) is 4.23. The maximum atomic E-state index is 13.5. The number of fused-ring (bicyclic) bond motifs is 3. The number of hydrogen-bond donors (Lipinski definition) is 1. The Balaban J connectivity index is 1.82. The molecular formula is C26H25NO5. The van der Waals surface area contributed by atoms with Crippen molar-refractivity contribution in [2.45, 2.75) is 32.6 Å². The van der Waals surface area contributed by atoms with Crippen LogP contribution < -0.4 is 10.1 Å². The summed E-state index contributed by atoms with van der Waals surface area (Å²) in [4.78, 5) is 25.6. The summed E-state index contributed by atoms with van der Waals surface area (Å²) in [6.07, 6.45) is 1.25. The molecule has 32 heavy (non-hydrogen) atoms. The summed E-state index contributed by atoms with van der Waals surface area (Å²) < 4.78 is 16.3. The van der Waals surface area contributed by atoms with Crippen molar-refractivity contribution in [2.24, 2.45) is 5.41 Å². The SMILES string of the molecule is COC(=O)c1cc2c3c(ccc2o1)NC1=C(C(=O)CC(C)(C)C1)C3c1ccccc1OC. The van der Waals surface area contributed by atoms with E-state index in [0.29, 0.717) is 17.8 Å². The first-order valence-electron chi connectivity index (χ1n) is 10.6. The Morgan fingerprint density at radius 3 is 2.66 bits per heavy atom. The van der Waals surface area contributed by atoms with Gasteiger partial charge in [0.05, 0.1) is 14.2 Å². The van der Waals surface area contributed by atoms with Crippen LogP contribution in [0, 0.1) is 5.41 Å². The molecule has 1 N–H and O–H groups in total. The average molecular weight is 431 g/mol. The minimum Gasteiger partial charge on any atom is -0.496 e. The Morgan fingerprint density at radius 2 is 1.91 bits per heavy atom. The molecule has 2 heterocycles. The van der Waals surface area contributed by atoms with Crippen LogP contribution in [0.2, 0.25) is 0 Å². The fourth-order valence-corrected chi connectivity index (χ4v) is 5.06. The number of benzene rings is 2. The van der Waals surface area contributed by atoms with Gasteiger partial charge in [0.25, 0.3) is 0 Å². The van der Waals surface area contributed by atoms with Crippen molar-refractivity contribution in [2.75, 3.05) is 19.5 Å². The van der Waals surface area contributed by atoms with E-state index in [0.717, 1.165) is 39.9 Å². The monoisotopic (exact) mass is 431 g/mol.